The molecule has 138 valence electrons. The Morgan fingerprint density at radius 2 is 1.78 bits per heavy atom. The summed E-state index contributed by atoms with van der Waals surface area (Å²) in [6, 6.07) is 14.7. The maximum absolute atomic E-state index is 12.6. The molecule has 0 saturated heterocycles. The van der Waals surface area contributed by atoms with Crippen LogP contribution in [0.1, 0.15) is 26.3 Å². The summed E-state index contributed by atoms with van der Waals surface area (Å²) in [5.74, 6) is -0.230. The van der Waals surface area contributed by atoms with Crippen molar-refractivity contribution in [1.82, 2.24) is 0 Å². The van der Waals surface area contributed by atoms with E-state index in [1.54, 1.807) is 31.4 Å². The molecular weight excluding hydrogens is 362 g/mol. The zero-order valence-corrected chi connectivity index (χ0v) is 16.1. The van der Waals surface area contributed by atoms with Crippen LogP contribution in [0.3, 0.4) is 0 Å². The predicted octanol–water partition coefficient (Wildman–Crippen LogP) is 4.77. The van der Waals surface area contributed by atoms with Crippen LogP contribution in [0.15, 0.2) is 53.9 Å². The number of thiophene rings is 1. The summed E-state index contributed by atoms with van der Waals surface area (Å²) in [4.78, 5) is 25.0. The minimum atomic E-state index is -0.493. The van der Waals surface area contributed by atoms with Gasteiger partial charge >= 0.3 is 5.97 Å². The number of anilines is 1. The highest BCUT2D eigenvalue weighted by molar-refractivity contribution is 7.15. The average molecular weight is 381 g/mol. The van der Waals surface area contributed by atoms with Gasteiger partial charge < -0.3 is 14.8 Å². The number of carbonyl (C=O) groups is 2. The monoisotopic (exact) mass is 381 g/mol. The van der Waals surface area contributed by atoms with Crippen molar-refractivity contribution in [2.75, 3.05) is 19.5 Å². The Hall–Kier alpha value is -3.12. The maximum atomic E-state index is 12.6. The summed E-state index contributed by atoms with van der Waals surface area (Å²) in [6.45, 7) is 2.00. The lowest BCUT2D eigenvalue weighted by Gasteiger charge is -2.09. The molecule has 0 aliphatic heterocycles. The van der Waals surface area contributed by atoms with E-state index in [1.807, 2.05) is 36.6 Å². The zero-order chi connectivity index (χ0) is 19.4. The fraction of sp³-hybridized carbons (Fsp3) is 0.143. The third kappa shape index (κ3) is 4.01. The minimum Gasteiger partial charge on any atom is -0.497 e. The summed E-state index contributed by atoms with van der Waals surface area (Å²) in [6.07, 6.45) is 0. The topological polar surface area (TPSA) is 64.6 Å². The van der Waals surface area contributed by atoms with Crippen LogP contribution in [0.4, 0.5) is 5.00 Å². The second-order valence-corrected chi connectivity index (χ2v) is 6.78. The SMILES string of the molecule is COC(=O)c1c(-c2ccc(C)cc2)csc1NC(=O)c1cccc(OC)c1. The average Bonchev–Trinajstić information content (AvgIpc) is 3.11. The van der Waals surface area contributed by atoms with Crippen molar-refractivity contribution < 1.29 is 19.1 Å². The lowest BCUT2D eigenvalue weighted by Crippen LogP contribution is -2.14. The highest BCUT2D eigenvalue weighted by Crippen LogP contribution is 2.36. The summed E-state index contributed by atoms with van der Waals surface area (Å²) >= 11 is 1.29. The quantitative estimate of drug-likeness (QED) is 0.647. The number of amides is 1. The van der Waals surface area contributed by atoms with Gasteiger partial charge in [0, 0.05) is 16.5 Å². The summed E-state index contributed by atoms with van der Waals surface area (Å²) in [5.41, 5.74) is 3.53. The summed E-state index contributed by atoms with van der Waals surface area (Å²) < 4.78 is 10.1. The number of rotatable bonds is 5. The van der Waals surface area contributed by atoms with E-state index < -0.39 is 5.97 Å². The van der Waals surface area contributed by atoms with E-state index in [0.717, 1.165) is 16.7 Å². The molecule has 0 aliphatic carbocycles. The summed E-state index contributed by atoms with van der Waals surface area (Å²) in [5, 5.41) is 5.11. The van der Waals surface area contributed by atoms with Crippen molar-refractivity contribution in [2.45, 2.75) is 6.92 Å². The van der Waals surface area contributed by atoms with Crippen LogP contribution in [0.25, 0.3) is 11.1 Å². The van der Waals surface area contributed by atoms with E-state index in [4.69, 9.17) is 9.47 Å². The Morgan fingerprint density at radius 3 is 2.44 bits per heavy atom. The second-order valence-electron chi connectivity index (χ2n) is 5.90. The molecule has 1 aromatic heterocycles. The van der Waals surface area contributed by atoms with E-state index in [9.17, 15) is 9.59 Å². The van der Waals surface area contributed by atoms with Gasteiger partial charge in [0.1, 0.15) is 16.3 Å². The van der Waals surface area contributed by atoms with Gasteiger partial charge in [-0.15, -0.1) is 11.3 Å². The lowest BCUT2D eigenvalue weighted by molar-refractivity contribution is 0.0603. The van der Waals surface area contributed by atoms with Crippen LogP contribution < -0.4 is 10.1 Å². The Morgan fingerprint density at radius 1 is 1.04 bits per heavy atom. The van der Waals surface area contributed by atoms with Crippen molar-refractivity contribution >= 4 is 28.2 Å². The zero-order valence-electron chi connectivity index (χ0n) is 15.2. The molecule has 1 N–H and O–H groups in total. The molecule has 0 radical (unpaired) electrons. The first-order valence-corrected chi connectivity index (χ1v) is 9.13. The fourth-order valence-electron chi connectivity index (χ4n) is 2.64. The number of benzene rings is 2. The van der Waals surface area contributed by atoms with Gasteiger partial charge in [0.25, 0.3) is 5.91 Å². The van der Waals surface area contributed by atoms with Gasteiger partial charge in [-0.3, -0.25) is 4.79 Å². The highest BCUT2D eigenvalue weighted by atomic mass is 32.1. The molecule has 0 fully saturated rings. The van der Waals surface area contributed by atoms with Crippen LogP contribution in [0.5, 0.6) is 5.75 Å². The lowest BCUT2D eigenvalue weighted by atomic mass is 10.0. The van der Waals surface area contributed by atoms with Crippen molar-refractivity contribution in [1.29, 1.82) is 0 Å². The molecule has 6 heteroatoms. The summed E-state index contributed by atoms with van der Waals surface area (Å²) in [7, 11) is 2.87. The van der Waals surface area contributed by atoms with Crippen LogP contribution in [0.2, 0.25) is 0 Å². The van der Waals surface area contributed by atoms with Crippen molar-refractivity contribution in [3.63, 3.8) is 0 Å². The largest absolute Gasteiger partial charge is 0.497 e. The number of aryl methyl sites for hydroxylation is 1. The normalized spacial score (nSPS) is 10.3. The third-order valence-electron chi connectivity index (χ3n) is 4.10. The molecule has 0 spiro atoms. The van der Waals surface area contributed by atoms with Gasteiger partial charge in [0.05, 0.1) is 14.2 Å². The number of methoxy groups -OCH3 is 2. The Bertz CT molecular complexity index is 976. The van der Waals surface area contributed by atoms with E-state index in [-0.39, 0.29) is 5.91 Å². The molecule has 0 aliphatic rings. The van der Waals surface area contributed by atoms with E-state index >= 15 is 0 Å². The molecule has 5 nitrogen and oxygen atoms in total. The van der Waals surface area contributed by atoms with Crippen LogP contribution in [0, 0.1) is 6.92 Å². The van der Waals surface area contributed by atoms with Crippen LogP contribution in [-0.4, -0.2) is 26.1 Å². The molecule has 1 amide bonds. The molecule has 1 heterocycles. The molecule has 0 saturated carbocycles. The number of nitrogens with one attached hydrogen (secondary N) is 1. The van der Waals surface area contributed by atoms with Gasteiger partial charge in [0.15, 0.2) is 0 Å². The van der Waals surface area contributed by atoms with Gasteiger partial charge in [-0.2, -0.15) is 0 Å². The molecular formula is C21H19NO4S. The van der Waals surface area contributed by atoms with Crippen molar-refractivity contribution in [3.8, 4) is 16.9 Å². The van der Waals surface area contributed by atoms with Crippen molar-refractivity contribution in [2.24, 2.45) is 0 Å². The smallest absolute Gasteiger partial charge is 0.341 e. The predicted molar refractivity (Wildman–Crippen MR) is 107 cm³/mol. The van der Waals surface area contributed by atoms with Gasteiger partial charge in [0.2, 0.25) is 0 Å². The number of ether oxygens (including phenoxy) is 2. The molecule has 0 atom stereocenters. The highest BCUT2D eigenvalue weighted by Gasteiger charge is 2.22. The Balaban J connectivity index is 1.96. The molecule has 0 bridgehead atoms. The van der Waals surface area contributed by atoms with Crippen molar-refractivity contribution in [3.05, 3.63) is 70.6 Å². The van der Waals surface area contributed by atoms with E-state index in [0.29, 0.717) is 21.9 Å². The maximum Gasteiger partial charge on any atom is 0.341 e. The van der Waals surface area contributed by atoms with Crippen LogP contribution in [-0.2, 0) is 4.74 Å². The van der Waals surface area contributed by atoms with E-state index in [1.165, 1.54) is 18.4 Å². The minimum absolute atomic E-state index is 0.323. The first-order chi connectivity index (χ1) is 13.0. The number of hydrogen-bond donors (Lipinski definition) is 1. The second kappa shape index (κ2) is 8.05. The number of esters is 1. The molecule has 0 unspecified atom stereocenters. The van der Waals surface area contributed by atoms with E-state index in [2.05, 4.69) is 5.32 Å². The number of hydrogen-bond acceptors (Lipinski definition) is 5. The first kappa shape index (κ1) is 18.7. The Kier molecular flexibility index (Phi) is 5.57. The Labute approximate surface area is 161 Å². The molecule has 2 aromatic carbocycles. The first-order valence-electron chi connectivity index (χ1n) is 8.25. The van der Waals surface area contributed by atoms with Crippen LogP contribution >= 0.6 is 11.3 Å². The third-order valence-corrected chi connectivity index (χ3v) is 5.00. The molecule has 27 heavy (non-hydrogen) atoms. The van der Waals surface area contributed by atoms with Gasteiger partial charge in [-0.05, 0) is 30.7 Å². The standard InChI is InChI=1S/C21H19NO4S/c1-13-7-9-14(10-8-13)17-12-27-20(18(17)21(24)26-3)22-19(23)15-5-4-6-16(11-15)25-2/h4-12H,1-3H3,(H,22,23). The molecule has 3 aromatic rings. The number of carbonyl (C=O) groups excluding carboxylic acids is 2. The fourth-order valence-corrected chi connectivity index (χ4v) is 3.59. The van der Waals surface area contributed by atoms with Gasteiger partial charge in [-0.25, -0.2) is 4.79 Å². The molecule has 3 rings (SSSR count). The van der Waals surface area contributed by atoms with Gasteiger partial charge in [-0.1, -0.05) is 35.9 Å².